The normalized spacial score (nSPS) is 19.5. The molecule has 0 saturated carbocycles. The van der Waals surface area contributed by atoms with Gasteiger partial charge in [0.05, 0.1) is 5.69 Å². The molecule has 0 radical (unpaired) electrons. The van der Waals surface area contributed by atoms with E-state index in [-0.39, 0.29) is 12.1 Å². The van der Waals surface area contributed by atoms with Gasteiger partial charge in [-0.25, -0.2) is 0 Å². The van der Waals surface area contributed by atoms with E-state index in [0.717, 1.165) is 17.7 Å². The van der Waals surface area contributed by atoms with Gasteiger partial charge in [0.15, 0.2) is 0 Å². The lowest BCUT2D eigenvalue weighted by atomic mass is 9.98. The highest BCUT2D eigenvalue weighted by molar-refractivity contribution is 7.90. The van der Waals surface area contributed by atoms with Crippen LogP contribution < -0.4 is 9.62 Å². The van der Waals surface area contributed by atoms with Crippen LogP contribution in [0.25, 0.3) is 0 Å². The van der Waals surface area contributed by atoms with Crippen molar-refractivity contribution in [3.05, 3.63) is 29.8 Å². The molecule has 0 amide bonds. The van der Waals surface area contributed by atoms with E-state index < -0.39 is 10.2 Å². The maximum atomic E-state index is 12.7. The summed E-state index contributed by atoms with van der Waals surface area (Å²) in [5, 5.41) is 3.25. The van der Waals surface area contributed by atoms with E-state index in [0.29, 0.717) is 6.54 Å². The number of nitrogens with one attached hydrogen (secondary N) is 1. The lowest BCUT2D eigenvalue weighted by molar-refractivity contribution is 0.405. The average molecular weight is 297 g/mol. The molecule has 1 N–H and O–H groups in total. The van der Waals surface area contributed by atoms with Gasteiger partial charge in [0.1, 0.15) is 0 Å². The Bertz CT molecular complexity index is 572. The van der Waals surface area contributed by atoms with Gasteiger partial charge in [0.2, 0.25) is 0 Å². The van der Waals surface area contributed by atoms with Crippen LogP contribution in [0.15, 0.2) is 24.3 Å². The molecule has 0 aromatic heterocycles. The predicted octanol–water partition coefficient (Wildman–Crippen LogP) is 1.74. The molecule has 0 bridgehead atoms. The zero-order chi connectivity index (χ0) is 14.9. The van der Waals surface area contributed by atoms with Crippen molar-refractivity contribution in [2.24, 2.45) is 0 Å². The molecular weight excluding hydrogens is 274 g/mol. The van der Waals surface area contributed by atoms with Crippen LogP contribution in [0.1, 0.15) is 31.9 Å². The van der Waals surface area contributed by atoms with Gasteiger partial charge in [-0.1, -0.05) is 18.2 Å². The van der Waals surface area contributed by atoms with Crippen LogP contribution in [-0.4, -0.2) is 39.4 Å². The number of anilines is 1. The van der Waals surface area contributed by atoms with Gasteiger partial charge in [-0.2, -0.15) is 12.7 Å². The minimum atomic E-state index is -3.47. The highest BCUT2D eigenvalue weighted by Crippen LogP contribution is 2.35. The van der Waals surface area contributed by atoms with Crippen molar-refractivity contribution in [1.29, 1.82) is 0 Å². The Morgan fingerprint density at radius 2 is 2.00 bits per heavy atom. The van der Waals surface area contributed by atoms with E-state index in [1.807, 2.05) is 45.2 Å². The highest BCUT2D eigenvalue weighted by atomic mass is 32.2. The van der Waals surface area contributed by atoms with Gasteiger partial charge in [-0.15, -0.1) is 0 Å². The molecule has 1 aliphatic heterocycles. The molecule has 1 heterocycles. The molecular formula is C14H23N3O2S. The van der Waals surface area contributed by atoms with Gasteiger partial charge in [-0.05, 0) is 38.9 Å². The van der Waals surface area contributed by atoms with Gasteiger partial charge >= 0.3 is 10.2 Å². The number of para-hydroxylation sites is 1. The third-order valence-corrected chi connectivity index (χ3v) is 6.01. The molecule has 0 fully saturated rings. The van der Waals surface area contributed by atoms with E-state index in [9.17, 15) is 8.42 Å². The van der Waals surface area contributed by atoms with Gasteiger partial charge in [-0.3, -0.25) is 4.31 Å². The molecule has 1 unspecified atom stereocenters. The topological polar surface area (TPSA) is 52.7 Å². The van der Waals surface area contributed by atoms with E-state index in [2.05, 4.69) is 5.32 Å². The maximum Gasteiger partial charge on any atom is 0.304 e. The first-order chi connectivity index (χ1) is 9.39. The third kappa shape index (κ3) is 2.55. The predicted molar refractivity (Wildman–Crippen MR) is 82.0 cm³/mol. The zero-order valence-electron chi connectivity index (χ0n) is 12.5. The molecule has 1 atom stereocenters. The molecule has 0 spiro atoms. The number of fused-ring (bicyclic) bond motifs is 1. The van der Waals surface area contributed by atoms with E-state index in [4.69, 9.17) is 0 Å². The fourth-order valence-electron chi connectivity index (χ4n) is 2.49. The maximum absolute atomic E-state index is 12.7. The zero-order valence-corrected chi connectivity index (χ0v) is 13.3. The molecule has 0 aliphatic carbocycles. The summed E-state index contributed by atoms with van der Waals surface area (Å²) in [6.45, 7) is 4.26. The van der Waals surface area contributed by atoms with E-state index in [1.54, 1.807) is 7.05 Å². The molecule has 5 nitrogen and oxygen atoms in total. The van der Waals surface area contributed by atoms with Crippen molar-refractivity contribution in [2.75, 3.05) is 24.9 Å². The Hall–Kier alpha value is -1.11. The summed E-state index contributed by atoms with van der Waals surface area (Å²) >= 11 is 0. The number of rotatable bonds is 4. The Balaban J connectivity index is 2.45. The van der Waals surface area contributed by atoms with Crippen LogP contribution in [0, 0.1) is 0 Å². The second-order valence-corrected chi connectivity index (χ2v) is 7.29. The van der Waals surface area contributed by atoms with Gasteiger partial charge in [0.25, 0.3) is 0 Å². The molecule has 0 saturated heterocycles. The summed E-state index contributed by atoms with van der Waals surface area (Å²) in [4.78, 5) is 0. The summed E-state index contributed by atoms with van der Waals surface area (Å²) in [6.07, 6.45) is 0.776. The standard InChI is InChI=1S/C14H23N3O2S/c1-11(2)16(4)20(18,19)17-10-9-13(15-3)12-7-5-6-8-14(12)17/h5-8,11,13,15H,9-10H2,1-4H3. The first kappa shape index (κ1) is 15.3. The second-order valence-electron chi connectivity index (χ2n) is 5.38. The van der Waals surface area contributed by atoms with Crippen molar-refractivity contribution >= 4 is 15.9 Å². The van der Waals surface area contributed by atoms with Crippen LogP contribution in [0.3, 0.4) is 0 Å². The Morgan fingerprint density at radius 1 is 1.35 bits per heavy atom. The van der Waals surface area contributed by atoms with Crippen molar-refractivity contribution in [1.82, 2.24) is 9.62 Å². The monoisotopic (exact) mass is 297 g/mol. The molecule has 1 aromatic carbocycles. The van der Waals surface area contributed by atoms with Crippen molar-refractivity contribution in [3.63, 3.8) is 0 Å². The Morgan fingerprint density at radius 3 is 2.60 bits per heavy atom. The summed E-state index contributed by atoms with van der Waals surface area (Å²) in [5.74, 6) is 0. The van der Waals surface area contributed by atoms with Crippen molar-refractivity contribution < 1.29 is 8.42 Å². The summed E-state index contributed by atoms with van der Waals surface area (Å²) < 4.78 is 28.4. The summed E-state index contributed by atoms with van der Waals surface area (Å²) in [6, 6.07) is 7.86. The van der Waals surface area contributed by atoms with Crippen molar-refractivity contribution in [2.45, 2.75) is 32.4 Å². The molecule has 1 aliphatic rings. The third-order valence-electron chi connectivity index (χ3n) is 3.92. The molecule has 6 heteroatoms. The second kappa shape index (κ2) is 5.71. The van der Waals surface area contributed by atoms with Crippen LogP contribution in [0.4, 0.5) is 5.69 Å². The summed E-state index contributed by atoms with van der Waals surface area (Å²) in [7, 11) is 0.0728. The highest BCUT2D eigenvalue weighted by Gasteiger charge is 2.34. The summed E-state index contributed by atoms with van der Waals surface area (Å²) in [5.41, 5.74) is 1.83. The molecule has 1 aromatic rings. The number of hydrogen-bond donors (Lipinski definition) is 1. The first-order valence-electron chi connectivity index (χ1n) is 6.91. The van der Waals surface area contributed by atoms with E-state index >= 15 is 0 Å². The Kier molecular flexibility index (Phi) is 4.36. The van der Waals surface area contributed by atoms with Crippen LogP contribution >= 0.6 is 0 Å². The number of benzene rings is 1. The number of nitrogens with zero attached hydrogens (tertiary/aromatic N) is 2. The van der Waals surface area contributed by atoms with Gasteiger partial charge in [0, 0.05) is 25.7 Å². The largest absolute Gasteiger partial charge is 0.313 e. The quantitative estimate of drug-likeness (QED) is 0.921. The fourth-order valence-corrected chi connectivity index (χ4v) is 4.09. The minimum Gasteiger partial charge on any atom is -0.313 e. The molecule has 112 valence electrons. The average Bonchev–Trinajstić information content (AvgIpc) is 2.44. The Labute approximate surface area is 121 Å². The molecule has 20 heavy (non-hydrogen) atoms. The first-order valence-corrected chi connectivity index (χ1v) is 8.31. The van der Waals surface area contributed by atoms with Crippen LogP contribution in [-0.2, 0) is 10.2 Å². The van der Waals surface area contributed by atoms with Crippen LogP contribution in [0.5, 0.6) is 0 Å². The van der Waals surface area contributed by atoms with Crippen LogP contribution in [0.2, 0.25) is 0 Å². The van der Waals surface area contributed by atoms with E-state index in [1.165, 1.54) is 8.61 Å². The fraction of sp³-hybridized carbons (Fsp3) is 0.571. The lowest BCUT2D eigenvalue weighted by Gasteiger charge is -2.37. The molecule has 2 rings (SSSR count). The number of hydrogen-bond acceptors (Lipinski definition) is 3. The van der Waals surface area contributed by atoms with Crippen molar-refractivity contribution in [3.8, 4) is 0 Å². The lowest BCUT2D eigenvalue weighted by Crippen LogP contribution is -2.48. The SMILES string of the molecule is CNC1CCN(S(=O)(=O)N(C)C(C)C)c2ccccc21. The smallest absolute Gasteiger partial charge is 0.304 e. The van der Waals surface area contributed by atoms with Gasteiger partial charge < -0.3 is 5.32 Å². The minimum absolute atomic E-state index is 0.0609.